The van der Waals surface area contributed by atoms with Crippen LogP contribution in [0.25, 0.3) is 0 Å². The lowest BCUT2D eigenvalue weighted by molar-refractivity contribution is 0.481. The van der Waals surface area contributed by atoms with E-state index in [0.29, 0.717) is 12.1 Å². The molecule has 0 spiro atoms. The molecule has 1 aromatic carbocycles. The molecule has 0 fully saturated rings. The van der Waals surface area contributed by atoms with Gasteiger partial charge in [0.05, 0.1) is 0 Å². The summed E-state index contributed by atoms with van der Waals surface area (Å²) in [5, 5.41) is 0. The smallest absolute Gasteiger partial charge is 0.133 e. The second kappa shape index (κ2) is 3.76. The van der Waals surface area contributed by atoms with Crippen molar-refractivity contribution in [2.24, 2.45) is 5.84 Å². The molecule has 72 valence electrons. The topological polar surface area (TPSA) is 38.0 Å². The van der Waals surface area contributed by atoms with Gasteiger partial charge in [0.2, 0.25) is 0 Å². The highest BCUT2D eigenvalue weighted by Crippen LogP contribution is 2.20. The highest BCUT2D eigenvalue weighted by molar-refractivity contribution is 5.23. The zero-order chi connectivity index (χ0) is 10.0. The second-order valence-corrected chi connectivity index (χ2v) is 2.67. The molecule has 1 rings (SSSR count). The maximum atomic E-state index is 13.0. The Bertz CT molecular complexity index is 291. The van der Waals surface area contributed by atoms with Gasteiger partial charge in [0.25, 0.3) is 0 Å². The zero-order valence-corrected chi connectivity index (χ0v) is 6.94. The van der Waals surface area contributed by atoms with Crippen LogP contribution in [0.1, 0.15) is 18.5 Å². The fourth-order valence-corrected chi connectivity index (χ4v) is 1.05. The number of halogens is 3. The molecule has 3 N–H and O–H groups in total. The number of benzene rings is 1. The monoisotopic (exact) mass is 190 g/mol. The van der Waals surface area contributed by atoms with Crippen LogP contribution < -0.4 is 11.3 Å². The minimum absolute atomic E-state index is 0.260. The van der Waals surface area contributed by atoms with E-state index < -0.39 is 23.5 Å². The van der Waals surface area contributed by atoms with Gasteiger partial charge in [-0.25, -0.2) is 13.2 Å². The summed E-state index contributed by atoms with van der Waals surface area (Å²) in [6.45, 7) is 1.47. The molecule has 0 bridgehead atoms. The van der Waals surface area contributed by atoms with Crippen molar-refractivity contribution >= 4 is 0 Å². The lowest BCUT2D eigenvalue weighted by atomic mass is 10.1. The molecule has 0 aliphatic carbocycles. The van der Waals surface area contributed by atoms with Crippen molar-refractivity contribution in [2.45, 2.75) is 13.0 Å². The fraction of sp³-hybridized carbons (Fsp3) is 0.250. The van der Waals surface area contributed by atoms with Crippen LogP contribution in [0.15, 0.2) is 12.1 Å². The van der Waals surface area contributed by atoms with Gasteiger partial charge in [0.1, 0.15) is 17.5 Å². The van der Waals surface area contributed by atoms with Crippen LogP contribution in [0.2, 0.25) is 0 Å². The maximum absolute atomic E-state index is 13.0. The van der Waals surface area contributed by atoms with Crippen molar-refractivity contribution in [3.8, 4) is 0 Å². The molecular weight excluding hydrogens is 181 g/mol. The zero-order valence-electron chi connectivity index (χ0n) is 6.94. The Morgan fingerprint density at radius 1 is 1.23 bits per heavy atom. The molecule has 0 amide bonds. The van der Waals surface area contributed by atoms with E-state index in [1.165, 1.54) is 6.92 Å². The summed E-state index contributed by atoms with van der Waals surface area (Å²) in [6.07, 6.45) is 0. The van der Waals surface area contributed by atoms with Gasteiger partial charge in [-0.15, -0.1) is 0 Å². The van der Waals surface area contributed by atoms with E-state index >= 15 is 0 Å². The molecule has 13 heavy (non-hydrogen) atoms. The molecule has 5 heteroatoms. The molecule has 1 aromatic rings. The lowest BCUT2D eigenvalue weighted by Crippen LogP contribution is -2.27. The summed E-state index contributed by atoms with van der Waals surface area (Å²) in [5.74, 6) is 2.18. The number of hydrogen-bond donors (Lipinski definition) is 2. The maximum Gasteiger partial charge on any atom is 0.133 e. The molecule has 1 atom stereocenters. The molecule has 0 saturated heterocycles. The van der Waals surface area contributed by atoms with Crippen LogP contribution in [0.3, 0.4) is 0 Å². The number of nitrogens with one attached hydrogen (secondary N) is 1. The molecule has 0 saturated carbocycles. The van der Waals surface area contributed by atoms with E-state index in [9.17, 15) is 13.2 Å². The van der Waals surface area contributed by atoms with Gasteiger partial charge >= 0.3 is 0 Å². The summed E-state index contributed by atoms with van der Waals surface area (Å²) in [7, 11) is 0. The normalized spacial score (nSPS) is 13.0. The van der Waals surface area contributed by atoms with E-state index in [0.717, 1.165) is 0 Å². The lowest BCUT2D eigenvalue weighted by Gasteiger charge is -2.12. The first kappa shape index (κ1) is 10.0. The summed E-state index contributed by atoms with van der Waals surface area (Å²) < 4.78 is 38.4. The van der Waals surface area contributed by atoms with Crippen molar-refractivity contribution < 1.29 is 13.2 Å². The summed E-state index contributed by atoms with van der Waals surface area (Å²) in [6, 6.07) is 0.541. The van der Waals surface area contributed by atoms with E-state index in [2.05, 4.69) is 5.43 Å². The average Bonchev–Trinajstić information content (AvgIpc) is 2.02. The van der Waals surface area contributed by atoms with Crippen LogP contribution in [-0.2, 0) is 0 Å². The minimum atomic E-state index is -0.942. The van der Waals surface area contributed by atoms with Crippen LogP contribution in [0.5, 0.6) is 0 Å². The van der Waals surface area contributed by atoms with Gasteiger partial charge < -0.3 is 0 Å². The van der Waals surface area contributed by atoms with Gasteiger partial charge in [-0.2, -0.15) is 0 Å². The highest BCUT2D eigenvalue weighted by atomic mass is 19.1. The van der Waals surface area contributed by atoms with E-state index in [1.807, 2.05) is 0 Å². The molecule has 0 aliphatic rings. The summed E-state index contributed by atoms with van der Waals surface area (Å²) in [4.78, 5) is 0. The van der Waals surface area contributed by atoms with Gasteiger partial charge in [-0.1, -0.05) is 0 Å². The highest BCUT2D eigenvalue weighted by Gasteiger charge is 2.16. The Balaban J connectivity index is 3.20. The fourth-order valence-electron chi connectivity index (χ4n) is 1.05. The third-order valence-electron chi connectivity index (χ3n) is 1.73. The Morgan fingerprint density at radius 3 is 2.08 bits per heavy atom. The summed E-state index contributed by atoms with van der Waals surface area (Å²) >= 11 is 0. The summed E-state index contributed by atoms with van der Waals surface area (Å²) in [5.41, 5.74) is 1.92. The van der Waals surface area contributed by atoms with Crippen LogP contribution in [0.4, 0.5) is 13.2 Å². The molecule has 0 aliphatic heterocycles. The first-order valence-corrected chi connectivity index (χ1v) is 3.67. The van der Waals surface area contributed by atoms with Gasteiger partial charge in [0, 0.05) is 23.7 Å². The number of rotatable bonds is 2. The van der Waals surface area contributed by atoms with E-state index in [4.69, 9.17) is 5.84 Å². The first-order valence-electron chi connectivity index (χ1n) is 3.67. The minimum Gasteiger partial charge on any atom is -0.271 e. The predicted octanol–water partition coefficient (Wildman–Crippen LogP) is 1.63. The van der Waals surface area contributed by atoms with Gasteiger partial charge in [0.15, 0.2) is 0 Å². The van der Waals surface area contributed by atoms with E-state index in [-0.39, 0.29) is 5.56 Å². The molecule has 2 nitrogen and oxygen atoms in total. The van der Waals surface area contributed by atoms with Crippen LogP contribution in [0, 0.1) is 17.5 Å². The quantitative estimate of drug-likeness (QED) is 0.549. The van der Waals surface area contributed by atoms with Gasteiger partial charge in [-0.3, -0.25) is 11.3 Å². The first-order chi connectivity index (χ1) is 6.06. The van der Waals surface area contributed by atoms with Crippen LogP contribution >= 0.6 is 0 Å². The standard InChI is InChI=1S/C8H9F3N2/c1-4(13-12)8-6(10)2-5(9)3-7(8)11/h2-4,13H,12H2,1H3. The SMILES string of the molecule is CC(NN)c1c(F)cc(F)cc1F. The number of hydrazine groups is 1. The van der Waals surface area contributed by atoms with Crippen molar-refractivity contribution in [1.82, 2.24) is 5.43 Å². The van der Waals surface area contributed by atoms with Crippen molar-refractivity contribution in [3.05, 3.63) is 35.1 Å². The second-order valence-electron chi connectivity index (χ2n) is 2.67. The predicted molar refractivity (Wildman–Crippen MR) is 42.1 cm³/mol. The molecule has 1 unspecified atom stereocenters. The number of nitrogens with two attached hydrogens (primary N) is 1. The third-order valence-corrected chi connectivity index (χ3v) is 1.73. The largest absolute Gasteiger partial charge is 0.271 e. The Labute approximate surface area is 73.5 Å². The Morgan fingerprint density at radius 2 is 1.69 bits per heavy atom. The van der Waals surface area contributed by atoms with Crippen molar-refractivity contribution in [2.75, 3.05) is 0 Å². The Hall–Kier alpha value is -1.07. The molecular formula is C8H9F3N2. The molecule has 0 aromatic heterocycles. The third kappa shape index (κ3) is 1.99. The van der Waals surface area contributed by atoms with Crippen molar-refractivity contribution in [1.29, 1.82) is 0 Å². The number of hydrogen-bond acceptors (Lipinski definition) is 2. The Kier molecular flexibility index (Phi) is 2.90. The van der Waals surface area contributed by atoms with E-state index in [1.54, 1.807) is 0 Å². The average molecular weight is 190 g/mol. The van der Waals surface area contributed by atoms with Gasteiger partial charge in [-0.05, 0) is 6.92 Å². The molecule has 0 heterocycles. The molecule has 0 radical (unpaired) electrons. The van der Waals surface area contributed by atoms with Crippen molar-refractivity contribution in [3.63, 3.8) is 0 Å². The van der Waals surface area contributed by atoms with Crippen LogP contribution in [-0.4, -0.2) is 0 Å².